The molecule has 0 bridgehead atoms. The quantitative estimate of drug-likeness (QED) is 0.327. The van der Waals surface area contributed by atoms with Gasteiger partial charge in [0.2, 0.25) is 0 Å². The molecule has 5 nitrogen and oxygen atoms in total. The summed E-state index contributed by atoms with van der Waals surface area (Å²) in [5.74, 6) is -0.290. The van der Waals surface area contributed by atoms with Gasteiger partial charge < -0.3 is 4.90 Å². The lowest BCUT2D eigenvalue weighted by Crippen LogP contribution is -2.26. The molecule has 0 saturated heterocycles. The molecule has 0 spiro atoms. The van der Waals surface area contributed by atoms with E-state index in [0.717, 1.165) is 33.2 Å². The smallest absolute Gasteiger partial charge is 0.271 e. The van der Waals surface area contributed by atoms with Crippen molar-refractivity contribution >= 4 is 40.6 Å². The molecule has 0 fully saturated rings. The van der Waals surface area contributed by atoms with Crippen molar-refractivity contribution in [2.75, 3.05) is 4.90 Å². The molecular formula is C28H21N3O2. The van der Waals surface area contributed by atoms with E-state index in [1.165, 1.54) is 6.21 Å². The van der Waals surface area contributed by atoms with Crippen LogP contribution in [0, 0.1) is 0 Å². The predicted molar refractivity (Wildman–Crippen MR) is 132 cm³/mol. The van der Waals surface area contributed by atoms with E-state index in [1.807, 2.05) is 84.9 Å². The number of hydrazone groups is 1. The van der Waals surface area contributed by atoms with Gasteiger partial charge in [-0.15, -0.1) is 0 Å². The zero-order valence-electron chi connectivity index (χ0n) is 17.8. The fraction of sp³-hybridized carbons (Fsp3) is 0.0357. The van der Waals surface area contributed by atoms with Crippen molar-refractivity contribution in [3.63, 3.8) is 0 Å². The molecular weight excluding hydrogens is 410 g/mol. The molecule has 0 unspecified atom stereocenters. The Labute approximate surface area is 191 Å². The van der Waals surface area contributed by atoms with E-state index in [9.17, 15) is 9.59 Å². The van der Waals surface area contributed by atoms with Gasteiger partial charge >= 0.3 is 0 Å². The summed E-state index contributed by atoms with van der Waals surface area (Å²) in [6.45, 7) is 0.441. The summed E-state index contributed by atoms with van der Waals surface area (Å²) in [4.78, 5) is 27.1. The molecule has 4 aromatic carbocycles. The standard InChI is InChI=1S/C28H21N3O2/c32-27(30-29-18-6-9-20-7-2-1-3-8-20)23-16-14-21(15-17-23)19-31-25-13-5-11-22-10-4-12-24(26(22)25)28(31)33/h1-18H,19H2,(H,30,32)/b9-6+,29-18-. The molecule has 160 valence electrons. The normalized spacial score (nSPS) is 12.8. The fourth-order valence-corrected chi connectivity index (χ4v) is 4.00. The molecule has 5 heteroatoms. The van der Waals surface area contributed by atoms with Gasteiger partial charge in [0.05, 0.1) is 12.2 Å². The Morgan fingerprint density at radius 2 is 1.64 bits per heavy atom. The highest BCUT2D eigenvalue weighted by Gasteiger charge is 2.29. The second kappa shape index (κ2) is 8.93. The van der Waals surface area contributed by atoms with Crippen LogP contribution in [0.1, 0.15) is 31.8 Å². The van der Waals surface area contributed by atoms with Gasteiger partial charge in [-0.1, -0.05) is 72.8 Å². The van der Waals surface area contributed by atoms with Gasteiger partial charge in [0.25, 0.3) is 11.8 Å². The molecule has 1 aliphatic rings. The van der Waals surface area contributed by atoms with Gasteiger partial charge in [-0.25, -0.2) is 5.43 Å². The average Bonchev–Trinajstić information content (AvgIpc) is 3.13. The van der Waals surface area contributed by atoms with Crippen LogP contribution in [0.4, 0.5) is 5.69 Å². The van der Waals surface area contributed by atoms with Gasteiger partial charge in [-0.05, 0) is 46.9 Å². The van der Waals surface area contributed by atoms with E-state index in [4.69, 9.17) is 0 Å². The van der Waals surface area contributed by atoms with Crippen LogP contribution in [0.25, 0.3) is 16.8 Å². The molecule has 0 saturated carbocycles. The van der Waals surface area contributed by atoms with Crippen molar-refractivity contribution in [2.45, 2.75) is 6.54 Å². The molecule has 0 aliphatic carbocycles. The number of allylic oxidation sites excluding steroid dienone is 1. The Morgan fingerprint density at radius 3 is 2.42 bits per heavy atom. The van der Waals surface area contributed by atoms with E-state index in [-0.39, 0.29) is 11.8 Å². The van der Waals surface area contributed by atoms with E-state index in [1.54, 1.807) is 23.1 Å². The number of rotatable bonds is 6. The topological polar surface area (TPSA) is 61.8 Å². The summed E-state index contributed by atoms with van der Waals surface area (Å²) in [5.41, 5.74) is 6.68. The number of benzene rings is 4. The lowest BCUT2D eigenvalue weighted by atomic mass is 10.1. The van der Waals surface area contributed by atoms with Crippen molar-refractivity contribution in [1.29, 1.82) is 0 Å². The van der Waals surface area contributed by atoms with Crippen molar-refractivity contribution in [3.8, 4) is 0 Å². The van der Waals surface area contributed by atoms with E-state index < -0.39 is 0 Å². The van der Waals surface area contributed by atoms with Gasteiger partial charge in [-0.2, -0.15) is 5.10 Å². The summed E-state index contributed by atoms with van der Waals surface area (Å²) in [6.07, 6.45) is 5.21. The number of hydrogen-bond acceptors (Lipinski definition) is 3. The molecule has 1 heterocycles. The lowest BCUT2D eigenvalue weighted by molar-refractivity contribution is 0.0953. The summed E-state index contributed by atoms with van der Waals surface area (Å²) in [6, 6.07) is 28.8. The van der Waals surface area contributed by atoms with Crippen LogP contribution in [0.5, 0.6) is 0 Å². The number of carbonyl (C=O) groups is 2. The molecule has 1 N–H and O–H groups in total. The van der Waals surface area contributed by atoms with Crippen LogP contribution in [0.15, 0.2) is 102 Å². The largest absolute Gasteiger partial charge is 0.303 e. The zero-order chi connectivity index (χ0) is 22.6. The van der Waals surface area contributed by atoms with Crippen molar-refractivity contribution in [1.82, 2.24) is 5.43 Å². The SMILES string of the molecule is O=C(N/N=C\C=C\c1ccccc1)c1ccc(CN2C(=O)c3cccc4cccc2c34)cc1. The maximum absolute atomic E-state index is 13.0. The summed E-state index contributed by atoms with van der Waals surface area (Å²) in [5, 5.41) is 6.02. The first-order valence-electron chi connectivity index (χ1n) is 10.7. The van der Waals surface area contributed by atoms with Gasteiger partial charge in [0.1, 0.15) is 0 Å². The minimum atomic E-state index is -0.291. The van der Waals surface area contributed by atoms with E-state index in [2.05, 4.69) is 10.5 Å². The van der Waals surface area contributed by atoms with Crippen LogP contribution >= 0.6 is 0 Å². The maximum Gasteiger partial charge on any atom is 0.271 e. The second-order valence-corrected chi connectivity index (χ2v) is 7.76. The number of anilines is 1. The number of hydrogen-bond donors (Lipinski definition) is 1. The molecule has 4 aromatic rings. The lowest BCUT2D eigenvalue weighted by Gasteiger charge is -2.18. The first-order valence-corrected chi connectivity index (χ1v) is 10.7. The number of nitrogens with zero attached hydrogens (tertiary/aromatic N) is 2. The van der Waals surface area contributed by atoms with Crippen LogP contribution < -0.4 is 10.3 Å². The molecule has 0 aromatic heterocycles. The molecule has 2 amide bonds. The van der Waals surface area contributed by atoms with E-state index >= 15 is 0 Å². The Kier molecular flexibility index (Phi) is 5.52. The van der Waals surface area contributed by atoms with Crippen molar-refractivity contribution in [3.05, 3.63) is 119 Å². The molecule has 33 heavy (non-hydrogen) atoms. The van der Waals surface area contributed by atoms with Crippen LogP contribution in [-0.4, -0.2) is 18.0 Å². The maximum atomic E-state index is 13.0. The third-order valence-electron chi connectivity index (χ3n) is 5.62. The molecule has 1 aliphatic heterocycles. The zero-order valence-corrected chi connectivity index (χ0v) is 17.8. The van der Waals surface area contributed by atoms with E-state index in [0.29, 0.717) is 12.1 Å². The highest BCUT2D eigenvalue weighted by atomic mass is 16.2. The highest BCUT2D eigenvalue weighted by molar-refractivity contribution is 6.24. The Balaban J connectivity index is 1.23. The summed E-state index contributed by atoms with van der Waals surface area (Å²) >= 11 is 0. The first kappa shape index (κ1) is 20.4. The Hall–Kier alpha value is -4.51. The molecule has 0 atom stereocenters. The first-order chi connectivity index (χ1) is 16.2. The van der Waals surface area contributed by atoms with Gasteiger partial charge in [0.15, 0.2) is 0 Å². The fourth-order valence-electron chi connectivity index (χ4n) is 4.00. The summed E-state index contributed by atoms with van der Waals surface area (Å²) in [7, 11) is 0. The minimum absolute atomic E-state index is 0.00140. The predicted octanol–water partition coefficient (Wildman–Crippen LogP) is 5.43. The van der Waals surface area contributed by atoms with Crippen molar-refractivity contribution in [2.24, 2.45) is 5.10 Å². The van der Waals surface area contributed by atoms with Crippen molar-refractivity contribution < 1.29 is 9.59 Å². The molecule has 0 radical (unpaired) electrons. The van der Waals surface area contributed by atoms with Gasteiger partial charge in [-0.3, -0.25) is 9.59 Å². The summed E-state index contributed by atoms with van der Waals surface area (Å²) < 4.78 is 0. The van der Waals surface area contributed by atoms with Crippen LogP contribution in [0.3, 0.4) is 0 Å². The number of nitrogens with one attached hydrogen (secondary N) is 1. The third kappa shape index (κ3) is 4.16. The highest BCUT2D eigenvalue weighted by Crippen LogP contribution is 2.37. The Morgan fingerprint density at radius 1 is 0.879 bits per heavy atom. The van der Waals surface area contributed by atoms with Crippen LogP contribution in [0.2, 0.25) is 0 Å². The molecule has 5 rings (SSSR count). The average molecular weight is 431 g/mol. The van der Waals surface area contributed by atoms with Crippen LogP contribution in [-0.2, 0) is 6.54 Å². The minimum Gasteiger partial charge on any atom is -0.303 e. The van der Waals surface area contributed by atoms with Gasteiger partial charge in [0, 0.05) is 22.7 Å². The Bertz CT molecular complexity index is 1380. The monoisotopic (exact) mass is 431 g/mol. The third-order valence-corrected chi connectivity index (χ3v) is 5.62. The second-order valence-electron chi connectivity index (χ2n) is 7.76. The number of carbonyl (C=O) groups excluding carboxylic acids is 2. The number of amides is 2.